The first kappa shape index (κ1) is 11.5. The fraction of sp³-hybridized carbons (Fsp3) is 0.333. The van der Waals surface area contributed by atoms with Crippen LogP contribution in [0, 0.1) is 0 Å². The molecule has 1 amide bonds. The highest BCUT2D eigenvalue weighted by atomic mass is 32.1. The molecule has 1 heterocycles. The van der Waals surface area contributed by atoms with Gasteiger partial charge in [0, 0.05) is 13.6 Å². The van der Waals surface area contributed by atoms with E-state index in [2.05, 4.69) is 22.2 Å². The molecule has 0 radical (unpaired) electrons. The van der Waals surface area contributed by atoms with E-state index in [4.69, 9.17) is 5.73 Å². The topological polar surface area (TPSA) is 80.0 Å². The molecule has 1 aromatic heterocycles. The summed E-state index contributed by atoms with van der Waals surface area (Å²) in [6, 6.07) is 0. The number of nitrogen functional groups attached to an aromatic ring is 1. The summed E-state index contributed by atoms with van der Waals surface area (Å²) in [5.74, 6) is 0.0776. The third-order valence-corrected chi connectivity index (χ3v) is 2.79. The highest BCUT2D eigenvalue weighted by Crippen LogP contribution is 2.23. The number of hydrogen-bond acceptors (Lipinski definition) is 5. The molecule has 0 saturated heterocycles. The molecule has 0 aliphatic heterocycles. The summed E-state index contributed by atoms with van der Waals surface area (Å²) in [7, 11) is 1.73. The van der Waals surface area contributed by atoms with Crippen LogP contribution in [0.4, 0.5) is 10.9 Å². The van der Waals surface area contributed by atoms with Gasteiger partial charge in [0.15, 0.2) is 5.13 Å². The summed E-state index contributed by atoms with van der Waals surface area (Å²) in [5, 5.41) is 6.21. The number of aromatic nitrogens is 1. The lowest BCUT2D eigenvalue weighted by Gasteiger charge is -2.00. The molecule has 5 nitrogen and oxygen atoms in total. The Kier molecular flexibility index (Phi) is 4.11. The van der Waals surface area contributed by atoms with Crippen molar-refractivity contribution in [3.05, 3.63) is 17.5 Å². The number of carbonyl (C=O) groups excluding carboxylic acids is 1. The minimum absolute atomic E-state index is 0.187. The Hall–Kier alpha value is -1.56. The molecular weight excluding hydrogens is 212 g/mol. The maximum absolute atomic E-state index is 11.6. The molecular formula is C9H14N4OS. The number of rotatable bonds is 5. The summed E-state index contributed by atoms with van der Waals surface area (Å²) < 4.78 is 0. The molecule has 0 aromatic carbocycles. The van der Waals surface area contributed by atoms with E-state index >= 15 is 0 Å². The summed E-state index contributed by atoms with van der Waals surface area (Å²) >= 11 is 1.24. The van der Waals surface area contributed by atoms with E-state index in [0.29, 0.717) is 16.6 Å². The van der Waals surface area contributed by atoms with Crippen LogP contribution in [-0.4, -0.2) is 24.5 Å². The van der Waals surface area contributed by atoms with Gasteiger partial charge in [-0.25, -0.2) is 4.98 Å². The molecule has 1 aromatic rings. The summed E-state index contributed by atoms with van der Waals surface area (Å²) in [6.45, 7) is 4.13. The maximum Gasteiger partial charge on any atom is 0.265 e. The van der Waals surface area contributed by atoms with Crippen molar-refractivity contribution < 1.29 is 4.79 Å². The minimum Gasteiger partial charge on any atom is -0.382 e. The van der Waals surface area contributed by atoms with Gasteiger partial charge in [0.2, 0.25) is 0 Å². The molecule has 0 bridgehead atoms. The van der Waals surface area contributed by atoms with Gasteiger partial charge in [-0.3, -0.25) is 4.79 Å². The van der Waals surface area contributed by atoms with Crippen LogP contribution < -0.4 is 16.4 Å². The normalized spacial score (nSPS) is 9.67. The molecule has 0 aliphatic carbocycles. The fourth-order valence-electron chi connectivity index (χ4n) is 0.970. The lowest BCUT2D eigenvalue weighted by Crippen LogP contribution is -2.23. The van der Waals surface area contributed by atoms with Crippen molar-refractivity contribution >= 4 is 28.2 Å². The number of amides is 1. The van der Waals surface area contributed by atoms with E-state index < -0.39 is 0 Å². The van der Waals surface area contributed by atoms with Crippen molar-refractivity contribution in [3.8, 4) is 0 Å². The number of thiazole rings is 1. The number of hydrogen-bond donors (Lipinski definition) is 3. The second-order valence-electron chi connectivity index (χ2n) is 2.82. The van der Waals surface area contributed by atoms with Gasteiger partial charge in [-0.2, -0.15) is 0 Å². The molecule has 15 heavy (non-hydrogen) atoms. The lowest BCUT2D eigenvalue weighted by atomic mass is 10.4. The van der Waals surface area contributed by atoms with Crippen molar-refractivity contribution in [3.63, 3.8) is 0 Å². The van der Waals surface area contributed by atoms with Crippen LogP contribution in [0.3, 0.4) is 0 Å². The van der Waals surface area contributed by atoms with Crippen molar-refractivity contribution in [1.82, 2.24) is 10.3 Å². The predicted octanol–water partition coefficient (Wildman–Crippen LogP) is 1.07. The molecule has 0 aliphatic rings. The van der Waals surface area contributed by atoms with Crippen LogP contribution in [0.25, 0.3) is 0 Å². The third-order valence-electron chi connectivity index (χ3n) is 1.71. The number of nitrogens with zero attached hydrogens (tertiary/aromatic N) is 1. The van der Waals surface area contributed by atoms with E-state index in [0.717, 1.165) is 6.42 Å². The minimum atomic E-state index is -0.187. The van der Waals surface area contributed by atoms with Gasteiger partial charge in [-0.05, 0) is 6.42 Å². The second-order valence-corrected chi connectivity index (χ2v) is 3.82. The van der Waals surface area contributed by atoms with Crippen LogP contribution in [0.5, 0.6) is 0 Å². The largest absolute Gasteiger partial charge is 0.382 e. The number of carbonyl (C=O) groups is 1. The third kappa shape index (κ3) is 2.95. The van der Waals surface area contributed by atoms with E-state index in [1.165, 1.54) is 11.3 Å². The smallest absolute Gasteiger partial charge is 0.265 e. The maximum atomic E-state index is 11.6. The van der Waals surface area contributed by atoms with Gasteiger partial charge in [0.25, 0.3) is 5.91 Å². The van der Waals surface area contributed by atoms with E-state index in [1.807, 2.05) is 0 Å². The fourth-order valence-corrected chi connectivity index (χ4v) is 1.72. The SMILES string of the molecule is C=CCCNC(=O)c1sc(NC)nc1N. The van der Waals surface area contributed by atoms with Crippen LogP contribution >= 0.6 is 11.3 Å². The second kappa shape index (κ2) is 5.35. The summed E-state index contributed by atoms with van der Waals surface area (Å²) in [5.41, 5.74) is 5.60. The van der Waals surface area contributed by atoms with Gasteiger partial charge >= 0.3 is 0 Å². The van der Waals surface area contributed by atoms with Gasteiger partial charge in [0.1, 0.15) is 10.7 Å². The Morgan fingerprint density at radius 2 is 2.47 bits per heavy atom. The highest BCUT2D eigenvalue weighted by Gasteiger charge is 2.14. The Bertz CT molecular complexity index is 361. The predicted molar refractivity (Wildman–Crippen MR) is 63.2 cm³/mol. The van der Waals surface area contributed by atoms with E-state index in [9.17, 15) is 4.79 Å². The number of anilines is 2. The quantitative estimate of drug-likeness (QED) is 0.518. The molecule has 0 atom stereocenters. The van der Waals surface area contributed by atoms with E-state index in [-0.39, 0.29) is 11.7 Å². The molecule has 0 unspecified atom stereocenters. The lowest BCUT2D eigenvalue weighted by molar-refractivity contribution is 0.0959. The average molecular weight is 226 g/mol. The molecule has 4 N–H and O–H groups in total. The first-order valence-electron chi connectivity index (χ1n) is 4.52. The number of nitrogens with two attached hydrogens (primary N) is 1. The molecule has 0 fully saturated rings. The molecule has 6 heteroatoms. The van der Waals surface area contributed by atoms with Gasteiger partial charge < -0.3 is 16.4 Å². The first-order valence-corrected chi connectivity index (χ1v) is 5.33. The zero-order valence-electron chi connectivity index (χ0n) is 8.54. The summed E-state index contributed by atoms with van der Waals surface area (Å²) in [6.07, 6.45) is 2.48. The molecule has 0 saturated carbocycles. The zero-order chi connectivity index (χ0) is 11.3. The van der Waals surface area contributed by atoms with Crippen molar-refractivity contribution in [2.24, 2.45) is 0 Å². The average Bonchev–Trinajstić information content (AvgIpc) is 2.60. The van der Waals surface area contributed by atoms with Gasteiger partial charge in [-0.15, -0.1) is 6.58 Å². The van der Waals surface area contributed by atoms with Gasteiger partial charge in [-0.1, -0.05) is 17.4 Å². The number of nitrogens with one attached hydrogen (secondary N) is 2. The van der Waals surface area contributed by atoms with Crippen molar-refractivity contribution in [1.29, 1.82) is 0 Å². The first-order chi connectivity index (χ1) is 7.19. The van der Waals surface area contributed by atoms with Gasteiger partial charge in [0.05, 0.1) is 0 Å². The Labute approximate surface area is 92.4 Å². The Balaban J connectivity index is 2.64. The molecule has 82 valence electrons. The molecule has 0 spiro atoms. The van der Waals surface area contributed by atoms with Crippen LogP contribution in [0.2, 0.25) is 0 Å². The zero-order valence-corrected chi connectivity index (χ0v) is 9.36. The van der Waals surface area contributed by atoms with Crippen molar-refractivity contribution in [2.75, 3.05) is 24.6 Å². The monoisotopic (exact) mass is 226 g/mol. The van der Waals surface area contributed by atoms with Crippen LogP contribution in [-0.2, 0) is 0 Å². The standard InChI is InChI=1S/C9H14N4OS/c1-3-4-5-12-8(14)6-7(10)13-9(11-2)15-6/h3H,1,4-5,10H2,2H3,(H,11,13)(H,12,14). The molecule has 1 rings (SSSR count). The Morgan fingerprint density at radius 3 is 3.00 bits per heavy atom. The Morgan fingerprint density at radius 1 is 1.73 bits per heavy atom. The van der Waals surface area contributed by atoms with Crippen LogP contribution in [0.15, 0.2) is 12.7 Å². The summed E-state index contributed by atoms with van der Waals surface area (Å²) in [4.78, 5) is 16.0. The van der Waals surface area contributed by atoms with Crippen LogP contribution in [0.1, 0.15) is 16.1 Å². The highest BCUT2D eigenvalue weighted by molar-refractivity contribution is 7.18. The van der Waals surface area contributed by atoms with Crippen molar-refractivity contribution in [2.45, 2.75) is 6.42 Å². The van der Waals surface area contributed by atoms with E-state index in [1.54, 1.807) is 13.1 Å².